The third kappa shape index (κ3) is 4.87. The molecule has 0 fully saturated rings. The zero-order valence-corrected chi connectivity index (χ0v) is 17.4. The van der Waals surface area contributed by atoms with Gasteiger partial charge in [-0.15, -0.1) is 0 Å². The number of benzene rings is 1. The van der Waals surface area contributed by atoms with Gasteiger partial charge in [0.15, 0.2) is 0 Å². The van der Waals surface area contributed by atoms with Crippen molar-refractivity contribution in [3.8, 4) is 33.9 Å². The molecule has 0 aliphatic rings. The van der Waals surface area contributed by atoms with Crippen molar-refractivity contribution < 1.29 is 23.0 Å². The van der Waals surface area contributed by atoms with Gasteiger partial charge in [-0.1, -0.05) is 13.3 Å². The number of phenols is 1. The van der Waals surface area contributed by atoms with E-state index in [1.807, 2.05) is 6.92 Å². The van der Waals surface area contributed by atoms with Gasteiger partial charge in [0.1, 0.15) is 17.2 Å². The molecular formula is C22H23F3N4O2. The van der Waals surface area contributed by atoms with E-state index < -0.39 is 11.9 Å². The quantitative estimate of drug-likeness (QED) is 0.416. The van der Waals surface area contributed by atoms with Crippen LogP contribution in [0.25, 0.3) is 22.4 Å². The van der Waals surface area contributed by atoms with Crippen LogP contribution in [0.1, 0.15) is 31.0 Å². The topological polar surface area (TPSA) is 72.5 Å². The first-order chi connectivity index (χ1) is 14.8. The second-order valence-corrected chi connectivity index (χ2v) is 6.97. The Balaban J connectivity index is 2.16. The predicted octanol–water partition coefficient (Wildman–Crippen LogP) is 5.10. The number of aliphatic imine (C=N–C) groups is 1. The number of halogens is 3. The number of nitrogens with zero attached hydrogens (tertiary/aromatic N) is 4. The first-order valence-corrected chi connectivity index (χ1v) is 9.74. The normalized spacial score (nSPS) is 11.9. The monoisotopic (exact) mass is 432 g/mol. The summed E-state index contributed by atoms with van der Waals surface area (Å²) < 4.78 is 46.2. The van der Waals surface area contributed by atoms with Crippen molar-refractivity contribution in [1.82, 2.24) is 14.8 Å². The predicted molar refractivity (Wildman–Crippen MR) is 112 cm³/mol. The summed E-state index contributed by atoms with van der Waals surface area (Å²) in [5, 5.41) is 15.0. The van der Waals surface area contributed by atoms with Crippen LogP contribution in [0, 0.1) is 0 Å². The van der Waals surface area contributed by atoms with Gasteiger partial charge in [-0.25, -0.2) is 0 Å². The Bertz CT molecular complexity index is 1090. The number of hydrogen-bond donors (Lipinski definition) is 1. The largest absolute Gasteiger partial charge is 0.506 e. The van der Waals surface area contributed by atoms with E-state index in [2.05, 4.69) is 15.1 Å². The first-order valence-electron chi connectivity index (χ1n) is 9.74. The molecule has 3 rings (SSSR count). The maximum absolute atomic E-state index is 13.2. The van der Waals surface area contributed by atoms with Crippen LogP contribution in [-0.4, -0.2) is 39.7 Å². The summed E-state index contributed by atoms with van der Waals surface area (Å²) in [5.74, 6) is 0.183. The lowest BCUT2D eigenvalue weighted by atomic mass is 9.99. The number of aromatic hydroxyl groups is 1. The third-order valence-corrected chi connectivity index (χ3v) is 4.67. The fraction of sp³-hybridized carbons (Fsp3) is 0.318. The molecule has 6 nitrogen and oxygen atoms in total. The standard InChI is InChI=1S/C22H23F3N4O2/c1-4-5-8-31-18-7-6-16(17-10-19(22(23,24)25)29(3)28-17)21(30)20(18)15-9-14(11-26-2)12-27-13-15/h6-7,9-13,30H,4-5,8H2,1-3H3. The van der Waals surface area contributed by atoms with Crippen LogP contribution in [0.15, 0.2) is 41.7 Å². The molecule has 0 amide bonds. The molecular weight excluding hydrogens is 409 g/mol. The lowest BCUT2D eigenvalue weighted by Gasteiger charge is -2.15. The van der Waals surface area contributed by atoms with Crippen LogP contribution in [-0.2, 0) is 13.2 Å². The maximum atomic E-state index is 13.2. The zero-order valence-electron chi connectivity index (χ0n) is 17.4. The van der Waals surface area contributed by atoms with Crippen molar-refractivity contribution in [2.24, 2.45) is 12.0 Å². The van der Waals surface area contributed by atoms with Crippen LogP contribution in [0.5, 0.6) is 11.5 Å². The van der Waals surface area contributed by atoms with Gasteiger partial charge < -0.3 is 9.84 Å². The summed E-state index contributed by atoms with van der Waals surface area (Å²) in [6, 6.07) is 5.82. The molecule has 0 unspecified atom stereocenters. The lowest BCUT2D eigenvalue weighted by Crippen LogP contribution is -2.11. The van der Waals surface area contributed by atoms with Crippen molar-refractivity contribution in [2.75, 3.05) is 13.7 Å². The van der Waals surface area contributed by atoms with Gasteiger partial charge >= 0.3 is 6.18 Å². The SMILES string of the molecule is CCCCOc1ccc(-c2cc(C(F)(F)F)n(C)n2)c(O)c1-c1cncc(C=NC)c1. The summed E-state index contributed by atoms with van der Waals surface area (Å²) >= 11 is 0. The fourth-order valence-corrected chi connectivity index (χ4v) is 3.18. The number of rotatable bonds is 7. The number of alkyl halides is 3. The highest BCUT2D eigenvalue weighted by Crippen LogP contribution is 2.44. The first kappa shape index (κ1) is 22.3. The van der Waals surface area contributed by atoms with Crippen molar-refractivity contribution >= 4 is 6.21 Å². The minimum absolute atomic E-state index is 0.00733. The number of pyridine rings is 1. The van der Waals surface area contributed by atoms with Crippen molar-refractivity contribution in [3.05, 3.63) is 47.9 Å². The fourth-order valence-electron chi connectivity index (χ4n) is 3.18. The third-order valence-electron chi connectivity index (χ3n) is 4.67. The molecule has 0 radical (unpaired) electrons. The summed E-state index contributed by atoms with van der Waals surface area (Å²) in [5.41, 5.74) is 0.865. The highest BCUT2D eigenvalue weighted by molar-refractivity contribution is 5.88. The molecule has 1 aromatic carbocycles. The molecule has 2 heterocycles. The minimum Gasteiger partial charge on any atom is -0.506 e. The molecule has 0 aliphatic heterocycles. The molecule has 0 spiro atoms. The molecule has 3 aromatic rings. The van der Waals surface area contributed by atoms with Gasteiger partial charge in [-0.2, -0.15) is 18.3 Å². The maximum Gasteiger partial charge on any atom is 0.433 e. The average Bonchev–Trinajstić information content (AvgIpc) is 3.11. The molecule has 9 heteroatoms. The van der Waals surface area contributed by atoms with E-state index in [4.69, 9.17) is 4.74 Å². The number of hydrogen-bond acceptors (Lipinski definition) is 5. The Hall–Kier alpha value is -3.36. The smallest absolute Gasteiger partial charge is 0.433 e. The number of unbranched alkanes of at least 4 members (excludes halogenated alkanes) is 1. The molecule has 0 saturated heterocycles. The van der Waals surface area contributed by atoms with Gasteiger partial charge in [0.05, 0.1) is 17.9 Å². The molecule has 1 N–H and O–H groups in total. The molecule has 31 heavy (non-hydrogen) atoms. The van der Waals surface area contributed by atoms with Crippen LogP contribution < -0.4 is 4.74 Å². The summed E-state index contributed by atoms with van der Waals surface area (Å²) in [6.07, 6.45) is 1.97. The Labute approximate surface area is 178 Å². The van der Waals surface area contributed by atoms with E-state index in [-0.39, 0.29) is 17.0 Å². The Morgan fingerprint density at radius 1 is 1.23 bits per heavy atom. The number of ether oxygens (including phenoxy) is 1. The molecule has 0 atom stereocenters. The van der Waals surface area contributed by atoms with E-state index in [9.17, 15) is 18.3 Å². The van der Waals surface area contributed by atoms with Crippen LogP contribution >= 0.6 is 0 Å². The van der Waals surface area contributed by atoms with Gasteiger partial charge in [0, 0.05) is 49.4 Å². The summed E-state index contributed by atoms with van der Waals surface area (Å²) in [4.78, 5) is 8.15. The van der Waals surface area contributed by atoms with Crippen LogP contribution in [0.2, 0.25) is 0 Å². The molecule has 0 bridgehead atoms. The van der Waals surface area contributed by atoms with E-state index in [0.29, 0.717) is 29.0 Å². The van der Waals surface area contributed by atoms with Gasteiger partial charge in [0.25, 0.3) is 0 Å². The van der Waals surface area contributed by atoms with E-state index >= 15 is 0 Å². The Kier molecular flexibility index (Phi) is 6.62. The highest BCUT2D eigenvalue weighted by Gasteiger charge is 2.35. The van der Waals surface area contributed by atoms with Crippen molar-refractivity contribution in [3.63, 3.8) is 0 Å². The van der Waals surface area contributed by atoms with Crippen molar-refractivity contribution in [2.45, 2.75) is 25.9 Å². The van der Waals surface area contributed by atoms with E-state index in [1.54, 1.807) is 37.8 Å². The van der Waals surface area contributed by atoms with E-state index in [0.717, 1.165) is 23.6 Å². The molecule has 0 saturated carbocycles. The Morgan fingerprint density at radius 2 is 2.00 bits per heavy atom. The van der Waals surface area contributed by atoms with Gasteiger partial charge in [-0.05, 0) is 30.7 Å². The number of phenolic OH excluding ortho intramolecular Hbond substituents is 1. The Morgan fingerprint density at radius 3 is 2.65 bits per heavy atom. The van der Waals surface area contributed by atoms with E-state index in [1.165, 1.54) is 13.1 Å². The number of aryl methyl sites for hydroxylation is 1. The van der Waals surface area contributed by atoms with Gasteiger partial charge in [0.2, 0.25) is 0 Å². The molecule has 2 aromatic heterocycles. The summed E-state index contributed by atoms with van der Waals surface area (Å²) in [6.45, 7) is 2.47. The highest BCUT2D eigenvalue weighted by atomic mass is 19.4. The second-order valence-electron chi connectivity index (χ2n) is 6.97. The van der Waals surface area contributed by atoms with Crippen LogP contribution in [0.3, 0.4) is 0 Å². The van der Waals surface area contributed by atoms with Crippen molar-refractivity contribution in [1.29, 1.82) is 0 Å². The second kappa shape index (κ2) is 9.20. The summed E-state index contributed by atoms with van der Waals surface area (Å²) in [7, 11) is 2.84. The minimum atomic E-state index is -4.56. The zero-order chi connectivity index (χ0) is 22.6. The number of aromatic nitrogens is 3. The average molecular weight is 432 g/mol. The lowest BCUT2D eigenvalue weighted by molar-refractivity contribution is -0.143. The van der Waals surface area contributed by atoms with Crippen LogP contribution in [0.4, 0.5) is 13.2 Å². The van der Waals surface area contributed by atoms with Gasteiger partial charge in [-0.3, -0.25) is 14.7 Å². The molecule has 0 aliphatic carbocycles. The molecule has 164 valence electrons.